The third-order valence-corrected chi connectivity index (χ3v) is 7.47. The number of aliphatic hydroxyl groups is 2. The number of hydrogen-bond donors (Lipinski definition) is 2. The first kappa shape index (κ1) is 28.8. The van der Waals surface area contributed by atoms with Crippen molar-refractivity contribution in [2.24, 2.45) is 17.3 Å². The second kappa shape index (κ2) is 12.0. The van der Waals surface area contributed by atoms with Gasteiger partial charge in [-0.3, -0.25) is 14.4 Å². The number of Topliss-reactive ketones (excluding diaryl/α,β-unsaturated/α-hetero) is 1. The SMILES string of the molecule is CC1=C/CC(/C(C)=C/c2csc(C)n2)OC(=O)C[C@H](O)C(C)(C)C(=O)[C@H](C)[C@@H](O)[C@@H](C)C(=O)/C=C\1. The minimum Gasteiger partial charge on any atom is -0.457 e. The van der Waals surface area contributed by atoms with E-state index < -0.39 is 47.3 Å². The van der Waals surface area contributed by atoms with Crippen molar-refractivity contribution in [1.29, 1.82) is 0 Å². The maximum atomic E-state index is 13.1. The van der Waals surface area contributed by atoms with Gasteiger partial charge in [0.2, 0.25) is 0 Å². The molecule has 192 valence electrons. The number of carbonyl (C=O) groups excluding carboxylic acids is 3. The van der Waals surface area contributed by atoms with E-state index >= 15 is 0 Å². The molecule has 0 aromatic carbocycles. The Morgan fingerprint density at radius 3 is 2.40 bits per heavy atom. The van der Waals surface area contributed by atoms with Crippen LogP contribution in [0.5, 0.6) is 0 Å². The summed E-state index contributed by atoms with van der Waals surface area (Å²) in [4.78, 5) is 43.0. The Balaban J connectivity index is 2.43. The van der Waals surface area contributed by atoms with Gasteiger partial charge in [0.25, 0.3) is 0 Å². The van der Waals surface area contributed by atoms with Gasteiger partial charge >= 0.3 is 5.97 Å². The molecule has 0 saturated heterocycles. The van der Waals surface area contributed by atoms with Gasteiger partial charge in [-0.2, -0.15) is 0 Å². The van der Waals surface area contributed by atoms with Gasteiger partial charge in [-0.05, 0) is 38.5 Å². The molecule has 0 aliphatic carbocycles. The van der Waals surface area contributed by atoms with Gasteiger partial charge in [0, 0.05) is 23.6 Å². The van der Waals surface area contributed by atoms with Crippen LogP contribution >= 0.6 is 11.3 Å². The normalized spacial score (nSPS) is 32.0. The average Bonchev–Trinajstić information content (AvgIpc) is 3.21. The molecule has 2 heterocycles. The fraction of sp³-hybridized carbons (Fsp3) is 0.556. The zero-order valence-corrected chi connectivity index (χ0v) is 22.4. The zero-order chi connectivity index (χ0) is 26.5. The molecule has 1 aliphatic heterocycles. The summed E-state index contributed by atoms with van der Waals surface area (Å²) in [5, 5.41) is 24.3. The van der Waals surface area contributed by atoms with E-state index in [1.165, 1.54) is 38.2 Å². The Bertz CT molecular complexity index is 1030. The molecule has 1 aromatic rings. The van der Waals surface area contributed by atoms with Crippen LogP contribution in [0.15, 0.2) is 34.8 Å². The number of ether oxygens (including phenoxy) is 1. The van der Waals surface area contributed by atoms with Gasteiger partial charge in [0.15, 0.2) is 5.78 Å². The molecule has 0 saturated carbocycles. The van der Waals surface area contributed by atoms with Crippen molar-refractivity contribution in [2.75, 3.05) is 0 Å². The minimum absolute atomic E-state index is 0.298. The van der Waals surface area contributed by atoms with E-state index in [0.29, 0.717) is 6.42 Å². The highest BCUT2D eigenvalue weighted by molar-refractivity contribution is 7.09. The number of nitrogens with zero attached hydrogens (tertiary/aromatic N) is 1. The Hall–Kier alpha value is -2.42. The van der Waals surface area contributed by atoms with Crippen LogP contribution < -0.4 is 0 Å². The van der Waals surface area contributed by atoms with Crippen LogP contribution in [-0.4, -0.2) is 51.0 Å². The number of esters is 1. The lowest BCUT2D eigenvalue weighted by Crippen LogP contribution is -2.46. The van der Waals surface area contributed by atoms with Gasteiger partial charge < -0.3 is 14.9 Å². The van der Waals surface area contributed by atoms with Crippen LogP contribution in [0.4, 0.5) is 0 Å². The molecule has 8 heteroatoms. The summed E-state index contributed by atoms with van der Waals surface area (Å²) in [5.41, 5.74) is 1.01. The molecule has 7 nitrogen and oxygen atoms in total. The molecule has 0 radical (unpaired) electrons. The second-order valence-electron chi connectivity index (χ2n) is 9.95. The summed E-state index contributed by atoms with van der Waals surface area (Å²) < 4.78 is 5.74. The van der Waals surface area contributed by atoms with Crippen LogP contribution in [0.2, 0.25) is 0 Å². The Morgan fingerprint density at radius 2 is 1.80 bits per heavy atom. The highest BCUT2D eigenvalue weighted by atomic mass is 32.1. The van der Waals surface area contributed by atoms with E-state index in [1.807, 2.05) is 38.3 Å². The summed E-state index contributed by atoms with van der Waals surface area (Å²) in [5.74, 6) is -3.07. The van der Waals surface area contributed by atoms with Crippen molar-refractivity contribution in [3.05, 3.63) is 45.5 Å². The molecule has 1 aliphatic rings. The fourth-order valence-corrected chi connectivity index (χ4v) is 4.52. The Morgan fingerprint density at radius 1 is 1.14 bits per heavy atom. The zero-order valence-electron chi connectivity index (χ0n) is 21.6. The standard InChI is InChI=1S/C27H37NO6S/c1-15-8-10-21(29)17(3)25(32)18(4)26(33)27(6,7)23(30)13-24(31)34-22(11-9-15)16(2)12-20-14-35-19(5)28-20/h8-10,12,14,17-18,22-23,25,30,32H,11,13H2,1-7H3/b10-8-,15-9-,16-12+/t17-,18+,22?,23-,25-/m0/s1. The number of allylic oxidation sites excluding steroid dienone is 3. The smallest absolute Gasteiger partial charge is 0.309 e. The summed E-state index contributed by atoms with van der Waals surface area (Å²) >= 11 is 1.52. The van der Waals surface area contributed by atoms with Gasteiger partial charge in [-0.15, -0.1) is 11.3 Å². The molecule has 0 spiro atoms. The number of cyclic esters (lactones) is 1. The first-order valence-electron chi connectivity index (χ1n) is 11.8. The van der Waals surface area contributed by atoms with Crippen LogP contribution in [0.3, 0.4) is 0 Å². The Kier molecular flexibility index (Phi) is 9.89. The number of thiazole rings is 1. The van der Waals surface area contributed by atoms with Crippen molar-refractivity contribution in [1.82, 2.24) is 4.98 Å². The summed E-state index contributed by atoms with van der Waals surface area (Å²) in [7, 11) is 0. The number of hydrogen-bond acceptors (Lipinski definition) is 8. The lowest BCUT2D eigenvalue weighted by atomic mass is 9.73. The summed E-state index contributed by atoms with van der Waals surface area (Å²) in [6, 6.07) is 0. The molecule has 0 fully saturated rings. The van der Waals surface area contributed by atoms with Gasteiger partial charge in [0.1, 0.15) is 11.9 Å². The summed E-state index contributed by atoms with van der Waals surface area (Å²) in [6.07, 6.45) is 3.60. The van der Waals surface area contributed by atoms with Crippen LogP contribution in [0.25, 0.3) is 6.08 Å². The minimum atomic E-state index is -1.33. The van der Waals surface area contributed by atoms with Crippen LogP contribution in [-0.2, 0) is 19.1 Å². The van der Waals surface area contributed by atoms with Crippen LogP contribution in [0.1, 0.15) is 65.1 Å². The topological polar surface area (TPSA) is 114 Å². The molecule has 0 amide bonds. The first-order chi connectivity index (χ1) is 16.2. The predicted octanol–water partition coefficient (Wildman–Crippen LogP) is 4.22. The number of carbonyl (C=O) groups is 3. The third-order valence-electron chi connectivity index (χ3n) is 6.67. The predicted molar refractivity (Wildman–Crippen MR) is 137 cm³/mol. The summed E-state index contributed by atoms with van der Waals surface area (Å²) in [6.45, 7) is 11.8. The van der Waals surface area contributed by atoms with E-state index in [9.17, 15) is 24.6 Å². The maximum Gasteiger partial charge on any atom is 0.309 e. The van der Waals surface area contributed by atoms with E-state index in [0.717, 1.165) is 21.8 Å². The molecular weight excluding hydrogens is 466 g/mol. The molecule has 2 N–H and O–H groups in total. The van der Waals surface area contributed by atoms with Crippen molar-refractivity contribution in [2.45, 2.75) is 79.6 Å². The highest BCUT2D eigenvalue weighted by Gasteiger charge is 2.43. The van der Waals surface area contributed by atoms with Crippen molar-refractivity contribution < 1.29 is 29.3 Å². The number of rotatable bonds is 2. The van der Waals surface area contributed by atoms with Gasteiger partial charge in [0.05, 0.1) is 34.7 Å². The van der Waals surface area contributed by atoms with Gasteiger partial charge in [-0.1, -0.05) is 45.4 Å². The molecule has 1 aromatic heterocycles. The van der Waals surface area contributed by atoms with E-state index in [-0.39, 0.29) is 12.2 Å². The molecule has 5 atom stereocenters. The molecule has 35 heavy (non-hydrogen) atoms. The van der Waals surface area contributed by atoms with Crippen molar-refractivity contribution in [3.8, 4) is 0 Å². The quantitative estimate of drug-likeness (QED) is 0.581. The largest absolute Gasteiger partial charge is 0.457 e. The van der Waals surface area contributed by atoms with Crippen molar-refractivity contribution in [3.63, 3.8) is 0 Å². The number of ketones is 2. The monoisotopic (exact) mass is 503 g/mol. The third kappa shape index (κ3) is 7.53. The lowest BCUT2D eigenvalue weighted by Gasteiger charge is -2.34. The number of aryl methyl sites for hydroxylation is 1. The van der Waals surface area contributed by atoms with E-state index in [1.54, 1.807) is 13.0 Å². The molecule has 2 rings (SSSR count). The van der Waals surface area contributed by atoms with Crippen molar-refractivity contribution >= 4 is 34.9 Å². The average molecular weight is 504 g/mol. The lowest BCUT2D eigenvalue weighted by molar-refractivity contribution is -0.154. The molecule has 0 bridgehead atoms. The maximum absolute atomic E-state index is 13.1. The first-order valence-corrected chi connectivity index (χ1v) is 12.7. The second-order valence-corrected chi connectivity index (χ2v) is 11.0. The molecular formula is C27H37NO6S. The number of aliphatic hydroxyl groups excluding tert-OH is 2. The van der Waals surface area contributed by atoms with E-state index in [4.69, 9.17) is 4.74 Å². The molecule has 1 unspecified atom stereocenters. The van der Waals surface area contributed by atoms with Crippen LogP contribution in [0, 0.1) is 24.2 Å². The van der Waals surface area contributed by atoms with E-state index in [2.05, 4.69) is 4.98 Å². The number of aromatic nitrogens is 1. The highest BCUT2D eigenvalue weighted by Crippen LogP contribution is 2.31. The fourth-order valence-electron chi connectivity index (χ4n) is 3.95. The Labute approximate surface area is 211 Å². The van der Waals surface area contributed by atoms with Gasteiger partial charge in [-0.25, -0.2) is 4.98 Å².